The topological polar surface area (TPSA) is 66.6 Å². The number of carbonyl (C=O) groups is 1. The summed E-state index contributed by atoms with van der Waals surface area (Å²) >= 11 is 10.8. The lowest BCUT2D eigenvalue weighted by atomic mass is 10.1. The highest BCUT2D eigenvalue weighted by atomic mass is 79.9. The lowest BCUT2D eigenvalue weighted by Crippen LogP contribution is -2.24. The first-order valence-corrected chi connectivity index (χ1v) is 10.3. The molecule has 0 aliphatic carbocycles. The Balaban J connectivity index is 1.59. The minimum Gasteiger partial charge on any atom is -0.447 e. The Morgan fingerprint density at radius 3 is 2.71 bits per heavy atom. The number of halogens is 2. The third-order valence-corrected chi connectivity index (χ3v) is 6.01. The molecule has 0 atom stereocenters. The molecule has 28 heavy (non-hydrogen) atoms. The average Bonchev–Trinajstić information content (AvgIpc) is 3.00. The van der Waals surface area contributed by atoms with Gasteiger partial charge >= 0.3 is 6.03 Å². The summed E-state index contributed by atoms with van der Waals surface area (Å²) in [5, 5.41) is 8.07. The molecule has 0 radical (unpaired) electrons. The highest BCUT2D eigenvalue weighted by Gasteiger charge is 2.10. The zero-order chi connectivity index (χ0) is 20.1. The van der Waals surface area contributed by atoms with Crippen LogP contribution in [-0.4, -0.2) is 12.2 Å². The molecule has 2 aromatic carbocycles. The van der Waals surface area contributed by atoms with Gasteiger partial charge < -0.3 is 9.73 Å². The van der Waals surface area contributed by atoms with E-state index in [-0.39, 0.29) is 0 Å². The number of carbonyl (C=O) groups excluding carboxylic acids is 1. The van der Waals surface area contributed by atoms with Crippen molar-refractivity contribution in [3.05, 3.63) is 74.9 Å². The van der Waals surface area contributed by atoms with Crippen LogP contribution in [0.25, 0.3) is 0 Å². The molecule has 0 saturated carbocycles. The van der Waals surface area contributed by atoms with Crippen LogP contribution in [0.5, 0.6) is 0 Å². The van der Waals surface area contributed by atoms with Gasteiger partial charge in [0, 0.05) is 21.7 Å². The smallest absolute Gasteiger partial charge is 0.339 e. The molecule has 5 nitrogen and oxygen atoms in total. The Labute approximate surface area is 180 Å². The largest absolute Gasteiger partial charge is 0.447 e. The van der Waals surface area contributed by atoms with Crippen LogP contribution >= 0.6 is 39.3 Å². The number of urea groups is 1. The third kappa shape index (κ3) is 5.41. The van der Waals surface area contributed by atoms with Crippen LogP contribution in [0.15, 0.2) is 72.5 Å². The normalized spacial score (nSPS) is 11.0. The maximum absolute atomic E-state index is 12.0. The number of amides is 2. The Morgan fingerprint density at radius 1 is 1.21 bits per heavy atom. The standard InChI is InChI=1S/C20H17BrClN3O2S/c1-12-4-3-5-18(13(12)2)24-20(26)25-23-11-15-10-17(21)19(27-15)28-16-8-6-14(22)7-9-16/h3-11H,1-2H3,(H2,24,25,26)/b23-11+. The lowest BCUT2D eigenvalue weighted by molar-refractivity contribution is 0.252. The second kappa shape index (κ2) is 9.32. The van der Waals surface area contributed by atoms with Gasteiger partial charge in [-0.1, -0.05) is 35.5 Å². The van der Waals surface area contributed by atoms with Crippen LogP contribution in [0.1, 0.15) is 16.9 Å². The number of aryl methyl sites for hydroxylation is 1. The fourth-order valence-corrected chi connectivity index (χ4v) is 3.76. The third-order valence-electron chi connectivity index (χ3n) is 3.91. The monoisotopic (exact) mass is 477 g/mol. The zero-order valence-electron chi connectivity index (χ0n) is 15.1. The first-order chi connectivity index (χ1) is 13.4. The molecule has 2 N–H and O–H groups in total. The fraction of sp³-hybridized carbons (Fsp3) is 0.100. The number of hydrogen-bond acceptors (Lipinski definition) is 4. The molecule has 1 heterocycles. The predicted octanol–water partition coefficient (Wildman–Crippen LogP) is 6.62. The van der Waals surface area contributed by atoms with Gasteiger partial charge in [-0.15, -0.1) is 0 Å². The number of furan rings is 1. The predicted molar refractivity (Wildman–Crippen MR) is 118 cm³/mol. The second-order valence-electron chi connectivity index (χ2n) is 5.91. The van der Waals surface area contributed by atoms with Crippen LogP contribution in [0, 0.1) is 13.8 Å². The van der Waals surface area contributed by atoms with Crippen molar-refractivity contribution < 1.29 is 9.21 Å². The maximum Gasteiger partial charge on any atom is 0.339 e. The average molecular weight is 479 g/mol. The number of benzene rings is 2. The molecule has 2 amide bonds. The van der Waals surface area contributed by atoms with Crippen LogP contribution in [0.4, 0.5) is 10.5 Å². The van der Waals surface area contributed by atoms with E-state index in [2.05, 4.69) is 31.8 Å². The summed E-state index contributed by atoms with van der Waals surface area (Å²) in [6.45, 7) is 3.94. The summed E-state index contributed by atoms with van der Waals surface area (Å²) in [7, 11) is 0. The summed E-state index contributed by atoms with van der Waals surface area (Å²) in [6, 6.07) is 14.5. The summed E-state index contributed by atoms with van der Waals surface area (Å²) < 4.78 is 6.55. The lowest BCUT2D eigenvalue weighted by Gasteiger charge is -2.09. The molecule has 1 aromatic heterocycles. The first-order valence-electron chi connectivity index (χ1n) is 8.31. The maximum atomic E-state index is 12.0. The Kier molecular flexibility index (Phi) is 6.83. The quantitative estimate of drug-likeness (QED) is 0.320. The molecule has 8 heteroatoms. The van der Waals surface area contributed by atoms with Gasteiger partial charge in [0.2, 0.25) is 0 Å². The molecule has 0 spiro atoms. The Bertz CT molecular complexity index is 1020. The van der Waals surface area contributed by atoms with Gasteiger partial charge in [0.1, 0.15) is 5.76 Å². The summed E-state index contributed by atoms with van der Waals surface area (Å²) in [5.74, 6) is 0.510. The number of hydrogen-bond donors (Lipinski definition) is 2. The fourth-order valence-electron chi connectivity index (χ4n) is 2.30. The van der Waals surface area contributed by atoms with E-state index in [1.54, 1.807) is 6.07 Å². The Morgan fingerprint density at radius 2 is 1.96 bits per heavy atom. The van der Waals surface area contributed by atoms with Gasteiger partial charge in [0.15, 0.2) is 5.09 Å². The van der Waals surface area contributed by atoms with Crippen molar-refractivity contribution in [2.24, 2.45) is 5.10 Å². The Hall–Kier alpha value is -2.22. The van der Waals surface area contributed by atoms with E-state index in [1.807, 2.05) is 56.3 Å². The molecule has 144 valence electrons. The molecule has 0 fully saturated rings. The molecule has 0 bridgehead atoms. The van der Waals surface area contributed by atoms with E-state index in [9.17, 15) is 4.79 Å². The van der Waals surface area contributed by atoms with Gasteiger partial charge in [-0.3, -0.25) is 0 Å². The minimum atomic E-state index is -0.425. The van der Waals surface area contributed by atoms with Crippen molar-refractivity contribution in [3.8, 4) is 0 Å². The van der Waals surface area contributed by atoms with E-state index in [4.69, 9.17) is 16.0 Å². The molecule has 0 saturated heterocycles. The van der Waals surface area contributed by atoms with Crippen molar-refractivity contribution in [1.29, 1.82) is 0 Å². The van der Waals surface area contributed by atoms with Gasteiger partial charge in [-0.2, -0.15) is 5.10 Å². The molecule has 0 aliphatic rings. The van der Waals surface area contributed by atoms with Crippen molar-refractivity contribution in [3.63, 3.8) is 0 Å². The van der Waals surface area contributed by atoms with Crippen molar-refractivity contribution in [2.75, 3.05) is 5.32 Å². The number of nitrogens with zero attached hydrogens (tertiary/aromatic N) is 1. The second-order valence-corrected chi connectivity index (χ2v) is 8.25. The van der Waals surface area contributed by atoms with Crippen molar-refractivity contribution in [1.82, 2.24) is 5.43 Å². The highest BCUT2D eigenvalue weighted by Crippen LogP contribution is 2.35. The van der Waals surface area contributed by atoms with Gasteiger partial charge in [-0.05, 0) is 71.2 Å². The minimum absolute atomic E-state index is 0.425. The van der Waals surface area contributed by atoms with E-state index in [0.717, 1.165) is 26.2 Å². The molecular formula is C20H17BrClN3O2S. The van der Waals surface area contributed by atoms with Crippen LogP contribution in [0.3, 0.4) is 0 Å². The van der Waals surface area contributed by atoms with E-state index >= 15 is 0 Å². The van der Waals surface area contributed by atoms with Crippen LogP contribution in [0.2, 0.25) is 5.02 Å². The summed E-state index contributed by atoms with van der Waals surface area (Å²) in [4.78, 5) is 13.0. The molecular weight excluding hydrogens is 462 g/mol. The van der Waals surface area contributed by atoms with Crippen LogP contribution in [-0.2, 0) is 0 Å². The molecule has 3 rings (SSSR count). The molecule has 0 aliphatic heterocycles. The van der Waals surface area contributed by atoms with Crippen molar-refractivity contribution in [2.45, 2.75) is 23.8 Å². The van der Waals surface area contributed by atoms with Gasteiger partial charge in [0.05, 0.1) is 10.7 Å². The summed E-state index contributed by atoms with van der Waals surface area (Å²) in [6.07, 6.45) is 1.44. The van der Waals surface area contributed by atoms with Gasteiger partial charge in [0.25, 0.3) is 0 Å². The highest BCUT2D eigenvalue weighted by molar-refractivity contribution is 9.10. The summed E-state index contributed by atoms with van der Waals surface area (Å²) in [5.41, 5.74) is 5.30. The van der Waals surface area contributed by atoms with E-state index < -0.39 is 6.03 Å². The molecule has 0 unspecified atom stereocenters. The zero-order valence-corrected chi connectivity index (χ0v) is 18.3. The van der Waals surface area contributed by atoms with E-state index in [0.29, 0.717) is 15.9 Å². The van der Waals surface area contributed by atoms with E-state index in [1.165, 1.54) is 18.0 Å². The molecule has 3 aromatic rings. The van der Waals surface area contributed by atoms with Gasteiger partial charge in [-0.25, -0.2) is 10.2 Å². The number of nitrogens with one attached hydrogen (secondary N) is 2. The van der Waals surface area contributed by atoms with Crippen molar-refractivity contribution >= 4 is 57.2 Å². The SMILES string of the molecule is Cc1cccc(NC(=O)N/N=C/c2cc(Br)c(Sc3ccc(Cl)cc3)o2)c1C. The number of rotatable bonds is 5. The number of hydrazone groups is 1. The first kappa shape index (κ1) is 20.5. The van der Waals surface area contributed by atoms with Crippen LogP contribution < -0.4 is 10.7 Å². The number of anilines is 1.